The Balaban J connectivity index is 2.78. The van der Waals surface area contributed by atoms with Crippen molar-refractivity contribution in [2.45, 2.75) is 39.3 Å². The molecule has 96 valence electrons. The Morgan fingerprint density at radius 1 is 1.53 bits per heavy atom. The second-order valence-electron chi connectivity index (χ2n) is 5.11. The summed E-state index contributed by atoms with van der Waals surface area (Å²) in [6, 6.07) is -0.454. The van der Waals surface area contributed by atoms with E-state index in [1.165, 1.54) is 4.90 Å². The summed E-state index contributed by atoms with van der Waals surface area (Å²) >= 11 is 0. The first kappa shape index (κ1) is 13.5. The Kier molecular flexibility index (Phi) is 3.80. The second kappa shape index (κ2) is 4.77. The first-order valence-electron chi connectivity index (χ1n) is 5.66. The van der Waals surface area contributed by atoms with Crippen molar-refractivity contribution in [3.05, 3.63) is 11.8 Å². The molecule has 1 amide bonds. The highest BCUT2D eigenvalue weighted by Gasteiger charge is 2.38. The normalized spacial score (nSPS) is 23.1. The molecule has 0 radical (unpaired) electrons. The number of ether oxygens (including phenoxy) is 1. The van der Waals surface area contributed by atoms with Crippen LogP contribution in [0.3, 0.4) is 0 Å². The molecule has 5 nitrogen and oxygen atoms in total. The fourth-order valence-corrected chi connectivity index (χ4v) is 1.64. The molecule has 1 aliphatic rings. The molecule has 1 saturated heterocycles. The van der Waals surface area contributed by atoms with E-state index in [0.717, 1.165) is 0 Å². The lowest BCUT2D eigenvalue weighted by atomic mass is 10.1. The van der Waals surface area contributed by atoms with Crippen LogP contribution >= 0.6 is 0 Å². The number of amides is 1. The molecule has 1 fully saturated rings. The van der Waals surface area contributed by atoms with Crippen LogP contribution in [-0.4, -0.2) is 42.0 Å². The number of carbonyl (C=O) groups excluding carboxylic acids is 2. The van der Waals surface area contributed by atoms with E-state index < -0.39 is 17.7 Å². The van der Waals surface area contributed by atoms with E-state index in [4.69, 9.17) is 4.74 Å². The minimum Gasteiger partial charge on any atom is -0.444 e. The Morgan fingerprint density at radius 2 is 2.12 bits per heavy atom. The molecular formula is C12H20N2O3. The SMILES string of the molecule is CN/C=C1/CN(C(=O)OC(C)(C)C)C(C)C1=O. The average Bonchev–Trinajstić information content (AvgIpc) is 2.44. The van der Waals surface area contributed by atoms with Gasteiger partial charge in [0.2, 0.25) is 0 Å². The third-order valence-electron chi connectivity index (χ3n) is 2.45. The Labute approximate surface area is 102 Å². The minimum absolute atomic E-state index is 0.0368. The molecule has 0 spiro atoms. The van der Waals surface area contributed by atoms with Crippen LogP contribution in [0, 0.1) is 0 Å². The quantitative estimate of drug-likeness (QED) is 0.702. The molecule has 0 saturated carbocycles. The maximum Gasteiger partial charge on any atom is 0.411 e. The Hall–Kier alpha value is -1.52. The summed E-state index contributed by atoms with van der Waals surface area (Å²) < 4.78 is 5.25. The van der Waals surface area contributed by atoms with Crippen LogP contribution in [0.2, 0.25) is 0 Å². The molecule has 1 atom stereocenters. The van der Waals surface area contributed by atoms with E-state index in [-0.39, 0.29) is 5.78 Å². The number of Topliss-reactive ketones (excluding diaryl/α,β-unsaturated/α-hetero) is 1. The van der Waals surface area contributed by atoms with Gasteiger partial charge in [0.05, 0.1) is 12.6 Å². The molecule has 0 aromatic heterocycles. The zero-order valence-electron chi connectivity index (χ0n) is 11.0. The lowest BCUT2D eigenvalue weighted by Crippen LogP contribution is -2.40. The number of nitrogens with one attached hydrogen (secondary N) is 1. The van der Waals surface area contributed by atoms with E-state index in [1.54, 1.807) is 40.9 Å². The van der Waals surface area contributed by atoms with E-state index in [9.17, 15) is 9.59 Å². The monoisotopic (exact) mass is 240 g/mol. The number of carbonyl (C=O) groups is 2. The standard InChI is InChI=1S/C12H20N2O3/c1-8-10(15)9(6-13-5)7-14(8)11(16)17-12(2,3)4/h6,8,13H,7H2,1-5H3/b9-6-. The highest BCUT2D eigenvalue weighted by molar-refractivity contribution is 6.04. The average molecular weight is 240 g/mol. The van der Waals surface area contributed by atoms with Crippen molar-refractivity contribution < 1.29 is 14.3 Å². The van der Waals surface area contributed by atoms with Crippen molar-refractivity contribution in [2.24, 2.45) is 0 Å². The summed E-state index contributed by atoms with van der Waals surface area (Å²) in [7, 11) is 1.72. The van der Waals surface area contributed by atoms with Crippen LogP contribution in [0.25, 0.3) is 0 Å². The fourth-order valence-electron chi connectivity index (χ4n) is 1.64. The summed E-state index contributed by atoms with van der Waals surface area (Å²) in [5.74, 6) is -0.0368. The van der Waals surface area contributed by atoms with Crippen LogP contribution in [0.5, 0.6) is 0 Å². The molecule has 1 N–H and O–H groups in total. The van der Waals surface area contributed by atoms with Gasteiger partial charge in [0.25, 0.3) is 0 Å². The van der Waals surface area contributed by atoms with Gasteiger partial charge in [0, 0.05) is 18.8 Å². The molecule has 1 rings (SSSR count). The number of likely N-dealkylation sites (tertiary alicyclic amines) is 1. The minimum atomic E-state index is -0.546. The van der Waals surface area contributed by atoms with E-state index >= 15 is 0 Å². The number of rotatable bonds is 1. The lowest BCUT2D eigenvalue weighted by Gasteiger charge is -2.25. The number of hydrogen-bond donors (Lipinski definition) is 1. The molecule has 0 aromatic carbocycles. The van der Waals surface area contributed by atoms with Gasteiger partial charge in [0.1, 0.15) is 5.60 Å². The van der Waals surface area contributed by atoms with Crippen LogP contribution in [0.1, 0.15) is 27.7 Å². The lowest BCUT2D eigenvalue weighted by molar-refractivity contribution is -0.117. The van der Waals surface area contributed by atoms with Gasteiger partial charge in [0.15, 0.2) is 5.78 Å². The first-order chi connectivity index (χ1) is 7.76. The Bertz CT molecular complexity index is 355. The molecule has 0 aliphatic carbocycles. The van der Waals surface area contributed by atoms with Crippen molar-refractivity contribution in [1.29, 1.82) is 0 Å². The number of nitrogens with zero attached hydrogens (tertiary/aromatic N) is 1. The smallest absolute Gasteiger partial charge is 0.411 e. The fraction of sp³-hybridized carbons (Fsp3) is 0.667. The summed E-state index contributed by atoms with van der Waals surface area (Å²) in [4.78, 5) is 25.1. The van der Waals surface area contributed by atoms with Crippen LogP contribution in [0.4, 0.5) is 4.79 Å². The Morgan fingerprint density at radius 3 is 2.59 bits per heavy atom. The molecule has 1 unspecified atom stereocenters. The van der Waals surface area contributed by atoms with Gasteiger partial charge in [-0.1, -0.05) is 0 Å². The second-order valence-corrected chi connectivity index (χ2v) is 5.11. The molecule has 17 heavy (non-hydrogen) atoms. The number of hydrogen-bond acceptors (Lipinski definition) is 4. The molecular weight excluding hydrogens is 220 g/mol. The van der Waals surface area contributed by atoms with Crippen LogP contribution in [-0.2, 0) is 9.53 Å². The molecule has 1 heterocycles. The zero-order valence-corrected chi connectivity index (χ0v) is 11.0. The van der Waals surface area contributed by atoms with E-state index in [2.05, 4.69) is 5.32 Å². The molecule has 1 aliphatic heterocycles. The van der Waals surface area contributed by atoms with Crippen molar-refractivity contribution in [1.82, 2.24) is 10.2 Å². The molecule has 0 aromatic rings. The maximum atomic E-state index is 11.9. The van der Waals surface area contributed by atoms with Crippen LogP contribution in [0.15, 0.2) is 11.8 Å². The maximum absolute atomic E-state index is 11.9. The third-order valence-corrected chi connectivity index (χ3v) is 2.45. The summed E-state index contributed by atoms with van der Waals surface area (Å²) in [5.41, 5.74) is 0.0563. The van der Waals surface area contributed by atoms with E-state index in [0.29, 0.717) is 12.1 Å². The topological polar surface area (TPSA) is 58.6 Å². The zero-order chi connectivity index (χ0) is 13.2. The van der Waals surface area contributed by atoms with Gasteiger partial charge in [-0.2, -0.15) is 0 Å². The van der Waals surface area contributed by atoms with Crippen molar-refractivity contribution in [3.8, 4) is 0 Å². The van der Waals surface area contributed by atoms with E-state index in [1.807, 2.05) is 0 Å². The van der Waals surface area contributed by atoms with Gasteiger partial charge in [-0.15, -0.1) is 0 Å². The van der Waals surface area contributed by atoms with Gasteiger partial charge in [-0.25, -0.2) is 4.79 Å². The summed E-state index contributed by atoms with van der Waals surface area (Å²) in [6.07, 6.45) is 1.18. The van der Waals surface area contributed by atoms with Crippen molar-refractivity contribution in [3.63, 3.8) is 0 Å². The molecule has 0 bridgehead atoms. The largest absolute Gasteiger partial charge is 0.444 e. The predicted molar refractivity (Wildman–Crippen MR) is 64.6 cm³/mol. The van der Waals surface area contributed by atoms with Crippen molar-refractivity contribution >= 4 is 11.9 Å². The third kappa shape index (κ3) is 3.22. The summed E-state index contributed by atoms with van der Waals surface area (Å²) in [6.45, 7) is 7.42. The summed E-state index contributed by atoms with van der Waals surface area (Å²) in [5, 5.41) is 2.81. The van der Waals surface area contributed by atoms with Gasteiger partial charge < -0.3 is 10.1 Å². The first-order valence-corrected chi connectivity index (χ1v) is 5.66. The van der Waals surface area contributed by atoms with Gasteiger partial charge in [-0.3, -0.25) is 9.69 Å². The van der Waals surface area contributed by atoms with Gasteiger partial charge in [-0.05, 0) is 27.7 Å². The number of ketones is 1. The highest BCUT2D eigenvalue weighted by atomic mass is 16.6. The van der Waals surface area contributed by atoms with Crippen LogP contribution < -0.4 is 5.32 Å². The highest BCUT2D eigenvalue weighted by Crippen LogP contribution is 2.21. The predicted octanol–water partition coefficient (Wildman–Crippen LogP) is 1.30. The molecule has 5 heteroatoms. The van der Waals surface area contributed by atoms with Crippen molar-refractivity contribution in [2.75, 3.05) is 13.6 Å². The van der Waals surface area contributed by atoms with Gasteiger partial charge >= 0.3 is 6.09 Å².